The Kier molecular flexibility index (Phi) is 3.45. The van der Waals surface area contributed by atoms with E-state index in [4.69, 9.17) is 17.3 Å². The molecule has 2 amide bonds. The number of nitrogens with zero attached hydrogens (tertiary/aromatic N) is 1. The van der Waals surface area contributed by atoms with E-state index in [-0.39, 0.29) is 5.84 Å². The predicted octanol–water partition coefficient (Wildman–Crippen LogP) is 0.826. The van der Waals surface area contributed by atoms with Gasteiger partial charge in [0.2, 0.25) is 5.91 Å². The second kappa shape index (κ2) is 4.88. The van der Waals surface area contributed by atoms with E-state index in [1.165, 1.54) is 0 Å². The van der Waals surface area contributed by atoms with Crippen molar-refractivity contribution in [2.45, 2.75) is 18.9 Å². The zero-order valence-electron chi connectivity index (χ0n) is 9.68. The summed E-state index contributed by atoms with van der Waals surface area (Å²) in [7, 11) is 0. The normalized spacial score (nSPS) is 21.3. The highest BCUT2D eigenvalue weighted by molar-refractivity contribution is 6.30. The summed E-state index contributed by atoms with van der Waals surface area (Å²) in [5, 5.41) is 3.09. The average molecular weight is 266 g/mol. The van der Waals surface area contributed by atoms with Gasteiger partial charge in [-0.2, -0.15) is 4.99 Å². The van der Waals surface area contributed by atoms with Gasteiger partial charge in [0.25, 0.3) is 5.91 Å². The van der Waals surface area contributed by atoms with Gasteiger partial charge in [0.1, 0.15) is 11.8 Å². The quantitative estimate of drug-likeness (QED) is 0.777. The molecular weight excluding hydrogens is 254 g/mol. The SMILES string of the molecule is CC(N)C1=NC(=O)C(c2ccc(Cl)cc2)C(=O)N1. The number of carbonyl (C=O) groups is 2. The molecule has 0 aliphatic carbocycles. The van der Waals surface area contributed by atoms with Crippen LogP contribution < -0.4 is 11.1 Å². The maximum Gasteiger partial charge on any atom is 0.264 e. The number of nitrogens with two attached hydrogens (primary N) is 1. The molecule has 0 saturated heterocycles. The lowest BCUT2D eigenvalue weighted by Gasteiger charge is -2.22. The van der Waals surface area contributed by atoms with Gasteiger partial charge in [0, 0.05) is 5.02 Å². The minimum Gasteiger partial charge on any atom is -0.322 e. The van der Waals surface area contributed by atoms with Crippen molar-refractivity contribution < 1.29 is 9.59 Å². The number of rotatable bonds is 2. The van der Waals surface area contributed by atoms with E-state index >= 15 is 0 Å². The fraction of sp³-hybridized carbons (Fsp3) is 0.250. The van der Waals surface area contributed by atoms with Gasteiger partial charge in [0.15, 0.2) is 0 Å². The highest BCUT2D eigenvalue weighted by Crippen LogP contribution is 2.22. The second-order valence-electron chi connectivity index (χ2n) is 4.10. The molecule has 2 atom stereocenters. The summed E-state index contributed by atoms with van der Waals surface area (Å²) in [6.07, 6.45) is 0. The monoisotopic (exact) mass is 265 g/mol. The third-order valence-corrected chi connectivity index (χ3v) is 2.88. The van der Waals surface area contributed by atoms with Crippen LogP contribution in [0.5, 0.6) is 0 Å². The largest absolute Gasteiger partial charge is 0.322 e. The van der Waals surface area contributed by atoms with Crippen molar-refractivity contribution in [3.05, 3.63) is 34.9 Å². The first-order valence-corrected chi connectivity index (χ1v) is 5.81. The van der Waals surface area contributed by atoms with Crippen LogP contribution in [0.1, 0.15) is 18.4 Å². The van der Waals surface area contributed by atoms with E-state index in [0.29, 0.717) is 10.6 Å². The molecule has 1 aliphatic rings. The molecule has 0 aromatic heterocycles. The lowest BCUT2D eigenvalue weighted by molar-refractivity contribution is -0.129. The van der Waals surface area contributed by atoms with Gasteiger partial charge in [-0.3, -0.25) is 9.59 Å². The fourth-order valence-corrected chi connectivity index (χ4v) is 1.81. The second-order valence-corrected chi connectivity index (χ2v) is 4.53. The van der Waals surface area contributed by atoms with Crippen LogP contribution in [0.3, 0.4) is 0 Å². The molecule has 1 aromatic rings. The van der Waals surface area contributed by atoms with Crippen molar-refractivity contribution in [1.29, 1.82) is 0 Å². The first-order valence-electron chi connectivity index (χ1n) is 5.43. The molecule has 0 spiro atoms. The Labute approximate surface area is 109 Å². The fourth-order valence-electron chi connectivity index (χ4n) is 1.69. The van der Waals surface area contributed by atoms with Gasteiger partial charge < -0.3 is 11.1 Å². The standard InChI is InChI=1S/C12H12ClN3O2/c1-6(14)10-15-11(17)9(12(18)16-10)7-2-4-8(13)5-3-7/h2-6,9H,14H2,1H3,(H,15,16,17,18). The van der Waals surface area contributed by atoms with Crippen LogP contribution in [0.2, 0.25) is 5.02 Å². The first kappa shape index (κ1) is 12.7. The zero-order valence-corrected chi connectivity index (χ0v) is 10.4. The van der Waals surface area contributed by atoms with Crippen LogP contribution in [0.15, 0.2) is 29.3 Å². The summed E-state index contributed by atoms with van der Waals surface area (Å²) in [5.74, 6) is -1.64. The van der Waals surface area contributed by atoms with Crippen LogP contribution in [0, 0.1) is 0 Å². The minimum atomic E-state index is -0.926. The third-order valence-electron chi connectivity index (χ3n) is 2.63. The van der Waals surface area contributed by atoms with Crippen LogP contribution in [-0.4, -0.2) is 23.7 Å². The van der Waals surface area contributed by atoms with E-state index in [9.17, 15) is 9.59 Å². The van der Waals surface area contributed by atoms with Crippen molar-refractivity contribution in [3.8, 4) is 0 Å². The summed E-state index contributed by atoms with van der Waals surface area (Å²) in [5.41, 5.74) is 6.14. The van der Waals surface area contributed by atoms with Crippen molar-refractivity contribution in [3.63, 3.8) is 0 Å². The number of nitrogens with one attached hydrogen (secondary N) is 1. The summed E-state index contributed by atoms with van der Waals surface area (Å²) in [4.78, 5) is 27.6. The molecule has 18 heavy (non-hydrogen) atoms. The Morgan fingerprint density at radius 1 is 1.33 bits per heavy atom. The molecule has 5 nitrogen and oxygen atoms in total. The lowest BCUT2D eigenvalue weighted by Crippen LogP contribution is -2.49. The highest BCUT2D eigenvalue weighted by atomic mass is 35.5. The summed E-state index contributed by atoms with van der Waals surface area (Å²) in [6.45, 7) is 1.65. The minimum absolute atomic E-state index is 0.204. The molecule has 1 aliphatic heterocycles. The Bertz CT molecular complexity index is 523. The first-order chi connectivity index (χ1) is 8.49. The van der Waals surface area contributed by atoms with Gasteiger partial charge in [-0.1, -0.05) is 23.7 Å². The van der Waals surface area contributed by atoms with Gasteiger partial charge in [0.05, 0.1) is 6.04 Å². The van der Waals surface area contributed by atoms with Gasteiger partial charge in [-0.05, 0) is 24.6 Å². The van der Waals surface area contributed by atoms with E-state index in [1.807, 2.05) is 0 Å². The highest BCUT2D eigenvalue weighted by Gasteiger charge is 2.33. The number of benzene rings is 1. The number of aliphatic imine (C=N–C) groups is 1. The molecule has 1 aromatic carbocycles. The van der Waals surface area contributed by atoms with Crippen molar-refractivity contribution >= 4 is 29.3 Å². The molecule has 1 heterocycles. The maximum absolute atomic E-state index is 11.9. The molecule has 2 unspecified atom stereocenters. The van der Waals surface area contributed by atoms with Crippen molar-refractivity contribution in [2.75, 3.05) is 0 Å². The number of amidine groups is 1. The Morgan fingerprint density at radius 3 is 2.44 bits per heavy atom. The predicted molar refractivity (Wildman–Crippen MR) is 68.4 cm³/mol. The zero-order chi connectivity index (χ0) is 13.3. The molecule has 3 N–H and O–H groups in total. The lowest BCUT2D eigenvalue weighted by atomic mass is 9.96. The van der Waals surface area contributed by atoms with Crippen molar-refractivity contribution in [2.24, 2.45) is 10.7 Å². The van der Waals surface area contributed by atoms with Gasteiger partial charge in [-0.25, -0.2) is 0 Å². The molecule has 94 valence electrons. The van der Waals surface area contributed by atoms with Gasteiger partial charge in [-0.15, -0.1) is 0 Å². The Morgan fingerprint density at radius 2 is 1.94 bits per heavy atom. The van der Waals surface area contributed by atoms with E-state index < -0.39 is 23.8 Å². The van der Waals surface area contributed by atoms with Crippen LogP contribution in [0.4, 0.5) is 0 Å². The number of amides is 2. The summed E-state index contributed by atoms with van der Waals surface area (Å²) >= 11 is 5.76. The Balaban J connectivity index is 2.33. The Hall–Kier alpha value is -1.72. The molecule has 0 bridgehead atoms. The number of hydrogen-bond donors (Lipinski definition) is 2. The van der Waals surface area contributed by atoms with E-state index in [2.05, 4.69) is 10.3 Å². The average Bonchev–Trinajstić information content (AvgIpc) is 2.30. The maximum atomic E-state index is 11.9. The number of halogens is 1. The molecule has 6 heteroatoms. The molecule has 0 saturated carbocycles. The van der Waals surface area contributed by atoms with E-state index in [1.54, 1.807) is 31.2 Å². The summed E-state index contributed by atoms with van der Waals surface area (Å²) in [6, 6.07) is 6.04. The third kappa shape index (κ3) is 2.42. The molecule has 0 fully saturated rings. The molecule has 0 radical (unpaired) electrons. The van der Waals surface area contributed by atoms with Crippen LogP contribution >= 0.6 is 11.6 Å². The topological polar surface area (TPSA) is 84.5 Å². The smallest absolute Gasteiger partial charge is 0.264 e. The van der Waals surface area contributed by atoms with E-state index in [0.717, 1.165) is 0 Å². The number of hydrogen-bond acceptors (Lipinski definition) is 3. The van der Waals surface area contributed by atoms with Crippen LogP contribution in [0.25, 0.3) is 0 Å². The number of carbonyl (C=O) groups excluding carboxylic acids is 2. The van der Waals surface area contributed by atoms with Crippen LogP contribution in [-0.2, 0) is 9.59 Å². The van der Waals surface area contributed by atoms with Crippen molar-refractivity contribution in [1.82, 2.24) is 5.32 Å². The molecule has 2 rings (SSSR count). The molecular formula is C12H12ClN3O2. The van der Waals surface area contributed by atoms with Gasteiger partial charge >= 0.3 is 0 Å². The summed E-state index contributed by atoms with van der Waals surface area (Å²) < 4.78 is 0.